The fourth-order valence-electron chi connectivity index (χ4n) is 1.53. The molecule has 1 aromatic carbocycles. The Morgan fingerprint density at radius 2 is 1.94 bits per heavy atom. The van der Waals surface area contributed by atoms with Gasteiger partial charge < -0.3 is 5.11 Å². The van der Waals surface area contributed by atoms with Crippen LogP contribution in [-0.4, -0.2) is 33.3 Å². The monoisotopic (exact) mass is 237 g/mol. The molecule has 0 spiro atoms. The SMILES string of the molecule is O=C1CSCC(=O)N1Cc1cccc(O)c1. The molecule has 1 aliphatic rings. The van der Waals surface area contributed by atoms with Crippen molar-refractivity contribution < 1.29 is 14.7 Å². The van der Waals surface area contributed by atoms with Crippen LogP contribution in [0.3, 0.4) is 0 Å². The van der Waals surface area contributed by atoms with E-state index in [1.54, 1.807) is 24.3 Å². The van der Waals surface area contributed by atoms with E-state index in [0.29, 0.717) is 11.5 Å². The van der Waals surface area contributed by atoms with E-state index in [2.05, 4.69) is 0 Å². The number of amides is 2. The first-order valence-electron chi connectivity index (χ1n) is 4.85. The number of benzene rings is 1. The summed E-state index contributed by atoms with van der Waals surface area (Å²) in [6, 6.07) is 6.59. The van der Waals surface area contributed by atoms with Crippen molar-refractivity contribution in [3.8, 4) is 5.75 Å². The van der Waals surface area contributed by atoms with E-state index < -0.39 is 0 Å². The van der Waals surface area contributed by atoms with Crippen molar-refractivity contribution in [2.75, 3.05) is 11.5 Å². The summed E-state index contributed by atoms with van der Waals surface area (Å²) in [5.41, 5.74) is 0.758. The number of rotatable bonds is 2. The highest BCUT2D eigenvalue weighted by atomic mass is 32.2. The van der Waals surface area contributed by atoms with Crippen LogP contribution in [0, 0.1) is 0 Å². The van der Waals surface area contributed by atoms with Crippen LogP contribution in [0.5, 0.6) is 5.75 Å². The number of hydrogen-bond acceptors (Lipinski definition) is 4. The summed E-state index contributed by atoms with van der Waals surface area (Å²) in [7, 11) is 0. The molecular formula is C11H11NO3S. The second-order valence-electron chi connectivity index (χ2n) is 3.54. The third kappa shape index (κ3) is 2.36. The fraction of sp³-hybridized carbons (Fsp3) is 0.273. The highest BCUT2D eigenvalue weighted by Gasteiger charge is 2.26. The second kappa shape index (κ2) is 4.57. The molecule has 1 heterocycles. The standard InChI is InChI=1S/C11H11NO3S/c13-9-3-1-2-8(4-9)5-12-10(14)6-16-7-11(12)15/h1-4,13H,5-7H2. The summed E-state index contributed by atoms with van der Waals surface area (Å²) in [6.07, 6.45) is 0. The number of phenols is 1. The van der Waals surface area contributed by atoms with Gasteiger partial charge in [-0.1, -0.05) is 12.1 Å². The number of hydrogen-bond donors (Lipinski definition) is 1. The molecule has 1 fully saturated rings. The van der Waals surface area contributed by atoms with Gasteiger partial charge in [0.25, 0.3) is 0 Å². The van der Waals surface area contributed by atoms with Crippen molar-refractivity contribution in [2.45, 2.75) is 6.54 Å². The maximum atomic E-state index is 11.5. The smallest absolute Gasteiger partial charge is 0.239 e. The Balaban J connectivity index is 2.13. The van der Waals surface area contributed by atoms with Gasteiger partial charge in [-0.3, -0.25) is 14.5 Å². The maximum Gasteiger partial charge on any atom is 0.239 e. The van der Waals surface area contributed by atoms with Crippen LogP contribution in [0.2, 0.25) is 0 Å². The zero-order valence-corrected chi connectivity index (χ0v) is 9.37. The average molecular weight is 237 g/mol. The molecule has 0 bridgehead atoms. The molecule has 0 aliphatic carbocycles. The van der Waals surface area contributed by atoms with Gasteiger partial charge in [-0.25, -0.2) is 0 Å². The van der Waals surface area contributed by atoms with Crippen molar-refractivity contribution >= 4 is 23.6 Å². The highest BCUT2D eigenvalue weighted by Crippen LogP contribution is 2.17. The second-order valence-corrected chi connectivity index (χ2v) is 4.52. The molecule has 2 amide bonds. The van der Waals surface area contributed by atoms with Crippen molar-refractivity contribution in [3.63, 3.8) is 0 Å². The first-order valence-corrected chi connectivity index (χ1v) is 6.01. The normalized spacial score (nSPS) is 16.6. The highest BCUT2D eigenvalue weighted by molar-refractivity contribution is 8.00. The molecule has 84 valence electrons. The number of thioether (sulfide) groups is 1. The zero-order valence-electron chi connectivity index (χ0n) is 8.55. The first-order chi connectivity index (χ1) is 7.66. The summed E-state index contributed by atoms with van der Waals surface area (Å²) in [4.78, 5) is 24.3. The lowest BCUT2D eigenvalue weighted by molar-refractivity contribution is -0.142. The molecule has 0 saturated carbocycles. The Bertz CT molecular complexity index is 417. The van der Waals surface area contributed by atoms with Crippen molar-refractivity contribution in [2.24, 2.45) is 0 Å². The molecule has 0 atom stereocenters. The van der Waals surface area contributed by atoms with Gasteiger partial charge in [-0.15, -0.1) is 11.8 Å². The van der Waals surface area contributed by atoms with Gasteiger partial charge in [-0.05, 0) is 17.7 Å². The zero-order chi connectivity index (χ0) is 11.5. The number of aromatic hydroxyl groups is 1. The van der Waals surface area contributed by atoms with E-state index in [1.165, 1.54) is 16.7 Å². The van der Waals surface area contributed by atoms with Gasteiger partial charge in [0.05, 0.1) is 18.1 Å². The fourth-order valence-corrected chi connectivity index (χ4v) is 2.30. The predicted octanol–water partition coefficient (Wildman–Crippen LogP) is 0.994. The molecule has 2 rings (SSSR count). The number of nitrogens with zero attached hydrogens (tertiary/aromatic N) is 1. The van der Waals surface area contributed by atoms with Gasteiger partial charge in [-0.2, -0.15) is 0 Å². The van der Waals surface area contributed by atoms with E-state index in [4.69, 9.17) is 0 Å². The summed E-state index contributed by atoms with van der Waals surface area (Å²) in [5.74, 6) is 0.521. The van der Waals surface area contributed by atoms with Crippen LogP contribution in [0.4, 0.5) is 0 Å². The Morgan fingerprint density at radius 1 is 1.25 bits per heavy atom. The van der Waals surface area contributed by atoms with Gasteiger partial charge in [0.1, 0.15) is 5.75 Å². The quantitative estimate of drug-likeness (QED) is 0.779. The van der Waals surface area contributed by atoms with Gasteiger partial charge >= 0.3 is 0 Å². The van der Waals surface area contributed by atoms with E-state index >= 15 is 0 Å². The molecular weight excluding hydrogens is 226 g/mol. The maximum absolute atomic E-state index is 11.5. The summed E-state index contributed by atoms with van der Waals surface area (Å²) >= 11 is 1.34. The van der Waals surface area contributed by atoms with Crippen LogP contribution in [0.25, 0.3) is 0 Å². The van der Waals surface area contributed by atoms with Crippen molar-refractivity contribution in [1.82, 2.24) is 4.90 Å². The molecule has 1 aliphatic heterocycles. The van der Waals surface area contributed by atoms with Crippen LogP contribution >= 0.6 is 11.8 Å². The number of phenolic OH excluding ortho intramolecular Hbond substituents is 1. The summed E-state index contributed by atoms with van der Waals surface area (Å²) < 4.78 is 0. The van der Waals surface area contributed by atoms with Gasteiger partial charge in [0.2, 0.25) is 11.8 Å². The molecule has 16 heavy (non-hydrogen) atoms. The third-order valence-electron chi connectivity index (χ3n) is 2.30. The van der Waals surface area contributed by atoms with Crippen LogP contribution < -0.4 is 0 Å². The molecule has 1 aromatic rings. The molecule has 0 radical (unpaired) electrons. The number of imide groups is 1. The van der Waals surface area contributed by atoms with E-state index in [1.807, 2.05) is 0 Å². The molecule has 5 heteroatoms. The predicted molar refractivity (Wildman–Crippen MR) is 61.0 cm³/mol. The number of carbonyl (C=O) groups is 2. The molecule has 1 saturated heterocycles. The van der Waals surface area contributed by atoms with Crippen LogP contribution in [0.1, 0.15) is 5.56 Å². The Labute approximate surface area is 97.3 Å². The van der Waals surface area contributed by atoms with Crippen LogP contribution in [0.15, 0.2) is 24.3 Å². The third-order valence-corrected chi connectivity index (χ3v) is 3.21. The van der Waals surface area contributed by atoms with Crippen molar-refractivity contribution in [3.05, 3.63) is 29.8 Å². The van der Waals surface area contributed by atoms with E-state index in [9.17, 15) is 14.7 Å². The first kappa shape index (κ1) is 11.0. The Morgan fingerprint density at radius 3 is 2.56 bits per heavy atom. The minimum Gasteiger partial charge on any atom is -0.508 e. The van der Waals surface area contributed by atoms with Crippen molar-refractivity contribution in [1.29, 1.82) is 0 Å². The molecule has 0 aromatic heterocycles. The summed E-state index contributed by atoms with van der Waals surface area (Å²) in [5, 5.41) is 9.28. The minimum atomic E-state index is -0.162. The van der Waals surface area contributed by atoms with E-state index in [-0.39, 0.29) is 24.1 Å². The molecule has 1 N–H and O–H groups in total. The molecule has 0 unspecified atom stereocenters. The molecule has 4 nitrogen and oxygen atoms in total. The minimum absolute atomic E-state index is 0.142. The topological polar surface area (TPSA) is 57.6 Å². The lowest BCUT2D eigenvalue weighted by Gasteiger charge is -2.24. The van der Waals surface area contributed by atoms with E-state index in [0.717, 1.165) is 5.56 Å². The van der Waals surface area contributed by atoms with Gasteiger partial charge in [0.15, 0.2) is 0 Å². The lowest BCUT2D eigenvalue weighted by Crippen LogP contribution is -2.42. The largest absolute Gasteiger partial charge is 0.508 e. The lowest BCUT2D eigenvalue weighted by atomic mass is 10.2. The average Bonchev–Trinajstić information content (AvgIpc) is 2.24. The van der Waals surface area contributed by atoms with Gasteiger partial charge in [0, 0.05) is 0 Å². The summed E-state index contributed by atoms with van der Waals surface area (Å²) in [6.45, 7) is 0.243. The number of carbonyl (C=O) groups excluding carboxylic acids is 2. The van der Waals surface area contributed by atoms with Crippen LogP contribution in [-0.2, 0) is 16.1 Å². The Hall–Kier alpha value is -1.49. The Kier molecular flexibility index (Phi) is 3.14.